The predicted octanol–water partition coefficient (Wildman–Crippen LogP) is 5.61. The topological polar surface area (TPSA) is 63.6 Å². The highest BCUT2D eigenvalue weighted by Gasteiger charge is 2.08. The molecule has 5 nitrogen and oxygen atoms in total. The quantitative estimate of drug-likeness (QED) is 0.202. The van der Waals surface area contributed by atoms with Crippen molar-refractivity contribution in [3.8, 4) is 5.75 Å². The first-order valence-electron chi connectivity index (χ1n) is 8.40. The van der Waals surface area contributed by atoms with Gasteiger partial charge >= 0.3 is 5.97 Å². The van der Waals surface area contributed by atoms with Crippen LogP contribution in [0, 0.1) is 0 Å². The van der Waals surface area contributed by atoms with Gasteiger partial charge in [-0.3, -0.25) is 5.43 Å². The Balaban J connectivity index is 1.37. The average Bonchev–Trinajstić information content (AvgIpc) is 3.12. The van der Waals surface area contributed by atoms with E-state index >= 15 is 0 Å². The zero-order chi connectivity index (χ0) is 19.3. The van der Waals surface area contributed by atoms with Gasteiger partial charge in [0, 0.05) is 5.02 Å². The van der Waals surface area contributed by atoms with Gasteiger partial charge in [-0.15, -0.1) is 0 Å². The monoisotopic (exact) mass is 407 g/mol. The van der Waals surface area contributed by atoms with Crippen LogP contribution in [0.4, 0.5) is 5.13 Å². The molecule has 0 radical (unpaired) electrons. The van der Waals surface area contributed by atoms with Crippen LogP contribution in [0.3, 0.4) is 0 Å². The van der Waals surface area contributed by atoms with E-state index in [9.17, 15) is 4.79 Å². The van der Waals surface area contributed by atoms with Crippen molar-refractivity contribution in [3.63, 3.8) is 0 Å². The summed E-state index contributed by atoms with van der Waals surface area (Å²) in [5, 5.41) is 5.42. The molecule has 0 unspecified atom stereocenters. The summed E-state index contributed by atoms with van der Waals surface area (Å²) in [6.45, 7) is 0. The molecular weight excluding hydrogens is 394 g/mol. The van der Waals surface area contributed by atoms with Crippen LogP contribution in [-0.4, -0.2) is 17.2 Å². The molecule has 0 saturated carbocycles. The highest BCUT2D eigenvalue weighted by Crippen LogP contribution is 2.25. The number of carbonyl (C=O) groups is 1. The van der Waals surface area contributed by atoms with Crippen molar-refractivity contribution < 1.29 is 9.53 Å². The lowest BCUT2D eigenvalue weighted by Crippen LogP contribution is -2.08. The molecule has 7 heteroatoms. The molecule has 1 N–H and O–H groups in total. The molecule has 3 aromatic carbocycles. The van der Waals surface area contributed by atoms with Gasteiger partial charge in [0.2, 0.25) is 5.13 Å². The lowest BCUT2D eigenvalue weighted by atomic mass is 10.2. The number of halogens is 1. The van der Waals surface area contributed by atoms with Crippen molar-refractivity contribution in [2.24, 2.45) is 5.10 Å². The van der Waals surface area contributed by atoms with E-state index in [0.717, 1.165) is 20.9 Å². The molecule has 0 amide bonds. The molecule has 1 heterocycles. The molecule has 0 spiro atoms. The van der Waals surface area contributed by atoms with Crippen LogP contribution in [0.25, 0.3) is 10.2 Å². The van der Waals surface area contributed by atoms with Crippen molar-refractivity contribution in [2.75, 3.05) is 5.43 Å². The minimum absolute atomic E-state index is 0.401. The summed E-state index contributed by atoms with van der Waals surface area (Å²) >= 11 is 7.43. The Bertz CT molecular complexity index is 1120. The van der Waals surface area contributed by atoms with Crippen molar-refractivity contribution in [1.29, 1.82) is 0 Å². The van der Waals surface area contributed by atoms with E-state index in [4.69, 9.17) is 16.3 Å². The number of carbonyl (C=O) groups excluding carboxylic acids is 1. The second-order valence-electron chi connectivity index (χ2n) is 5.83. The van der Waals surface area contributed by atoms with Crippen LogP contribution in [0.15, 0.2) is 77.9 Å². The predicted molar refractivity (Wildman–Crippen MR) is 114 cm³/mol. The molecule has 0 aliphatic rings. The van der Waals surface area contributed by atoms with Gasteiger partial charge in [-0.05, 0) is 60.2 Å². The van der Waals surface area contributed by atoms with Crippen LogP contribution in [-0.2, 0) is 0 Å². The van der Waals surface area contributed by atoms with Gasteiger partial charge in [0.25, 0.3) is 0 Å². The molecule has 138 valence electrons. The number of nitrogens with one attached hydrogen (secondary N) is 1. The Morgan fingerprint density at radius 3 is 2.68 bits per heavy atom. The zero-order valence-electron chi connectivity index (χ0n) is 14.5. The maximum Gasteiger partial charge on any atom is 0.343 e. The standard InChI is InChI=1S/C21H14ClN3O2S/c22-16-5-3-4-15(12-16)20(26)27-17-10-8-14(9-11-17)13-23-25-21-24-18-6-1-2-7-19(18)28-21/h1-13H,(H,24,25). The third kappa shape index (κ3) is 4.36. The zero-order valence-corrected chi connectivity index (χ0v) is 16.1. The van der Waals surface area contributed by atoms with Gasteiger partial charge in [0.15, 0.2) is 0 Å². The van der Waals surface area contributed by atoms with E-state index in [0.29, 0.717) is 16.3 Å². The number of hydrogen-bond acceptors (Lipinski definition) is 6. The van der Waals surface area contributed by atoms with Gasteiger partial charge in [0.05, 0.1) is 22.0 Å². The molecule has 28 heavy (non-hydrogen) atoms. The van der Waals surface area contributed by atoms with Gasteiger partial charge < -0.3 is 4.74 Å². The molecule has 4 rings (SSSR count). The molecule has 0 bridgehead atoms. The smallest absolute Gasteiger partial charge is 0.343 e. The third-order valence-electron chi connectivity index (χ3n) is 3.82. The fourth-order valence-electron chi connectivity index (χ4n) is 2.49. The first kappa shape index (κ1) is 18.2. The number of thiazole rings is 1. The van der Waals surface area contributed by atoms with E-state index in [1.54, 1.807) is 42.6 Å². The third-order valence-corrected chi connectivity index (χ3v) is 4.99. The SMILES string of the molecule is O=C(Oc1ccc(C=NNc2nc3ccccc3s2)cc1)c1cccc(Cl)c1. The second-order valence-corrected chi connectivity index (χ2v) is 7.29. The van der Waals surface area contributed by atoms with Crippen LogP contribution >= 0.6 is 22.9 Å². The average molecular weight is 408 g/mol. The number of ether oxygens (including phenoxy) is 1. The fourth-order valence-corrected chi connectivity index (χ4v) is 3.49. The van der Waals surface area contributed by atoms with Crippen LogP contribution < -0.4 is 10.2 Å². The molecular formula is C21H14ClN3O2S. The molecule has 0 aliphatic heterocycles. The Morgan fingerprint density at radius 1 is 1.07 bits per heavy atom. The number of para-hydroxylation sites is 1. The van der Waals surface area contributed by atoms with Crippen molar-refractivity contribution in [3.05, 3.63) is 88.9 Å². The highest BCUT2D eigenvalue weighted by atomic mass is 35.5. The number of nitrogens with zero attached hydrogens (tertiary/aromatic N) is 2. The van der Waals surface area contributed by atoms with E-state index in [1.807, 2.05) is 36.4 Å². The van der Waals surface area contributed by atoms with E-state index in [-0.39, 0.29) is 0 Å². The second kappa shape index (κ2) is 8.21. The number of aromatic nitrogens is 1. The lowest BCUT2D eigenvalue weighted by Gasteiger charge is -2.05. The molecule has 0 aliphatic carbocycles. The summed E-state index contributed by atoms with van der Waals surface area (Å²) in [5.74, 6) is -0.0114. The van der Waals surface area contributed by atoms with E-state index < -0.39 is 5.97 Å². The maximum atomic E-state index is 12.1. The van der Waals surface area contributed by atoms with Crippen LogP contribution in [0.2, 0.25) is 5.02 Å². The van der Waals surface area contributed by atoms with Crippen LogP contribution in [0.5, 0.6) is 5.75 Å². The summed E-state index contributed by atoms with van der Waals surface area (Å²) in [5.41, 5.74) is 5.13. The summed E-state index contributed by atoms with van der Waals surface area (Å²) < 4.78 is 6.45. The minimum Gasteiger partial charge on any atom is -0.423 e. The molecule has 0 atom stereocenters. The Kier molecular flexibility index (Phi) is 5.32. The molecule has 0 saturated heterocycles. The Labute approximate surface area is 170 Å². The van der Waals surface area contributed by atoms with Gasteiger partial charge in [0.1, 0.15) is 5.75 Å². The first-order chi connectivity index (χ1) is 13.7. The number of esters is 1. The van der Waals surface area contributed by atoms with Gasteiger partial charge in [-0.1, -0.05) is 41.1 Å². The number of hydrazone groups is 1. The van der Waals surface area contributed by atoms with Gasteiger partial charge in [-0.25, -0.2) is 9.78 Å². The highest BCUT2D eigenvalue weighted by molar-refractivity contribution is 7.22. The first-order valence-corrected chi connectivity index (χ1v) is 9.59. The number of fused-ring (bicyclic) bond motifs is 1. The number of rotatable bonds is 5. The van der Waals surface area contributed by atoms with Crippen molar-refractivity contribution in [2.45, 2.75) is 0 Å². The van der Waals surface area contributed by atoms with Gasteiger partial charge in [-0.2, -0.15) is 5.10 Å². The number of anilines is 1. The van der Waals surface area contributed by atoms with E-state index in [1.165, 1.54) is 11.3 Å². The molecule has 4 aromatic rings. The minimum atomic E-state index is -0.457. The number of benzene rings is 3. The summed E-state index contributed by atoms with van der Waals surface area (Å²) in [7, 11) is 0. The fraction of sp³-hybridized carbons (Fsp3) is 0. The molecule has 0 fully saturated rings. The normalized spacial score (nSPS) is 11.0. The maximum absolute atomic E-state index is 12.1. The largest absolute Gasteiger partial charge is 0.423 e. The van der Waals surface area contributed by atoms with Crippen LogP contribution in [0.1, 0.15) is 15.9 Å². The number of hydrogen-bond donors (Lipinski definition) is 1. The summed E-state index contributed by atoms with van der Waals surface area (Å²) in [6.07, 6.45) is 1.68. The molecule has 1 aromatic heterocycles. The lowest BCUT2D eigenvalue weighted by molar-refractivity contribution is 0.0735. The van der Waals surface area contributed by atoms with E-state index in [2.05, 4.69) is 15.5 Å². The Morgan fingerprint density at radius 2 is 1.89 bits per heavy atom. The van der Waals surface area contributed by atoms with Crippen molar-refractivity contribution >= 4 is 50.5 Å². The van der Waals surface area contributed by atoms with Crippen molar-refractivity contribution in [1.82, 2.24) is 4.98 Å². The summed E-state index contributed by atoms with van der Waals surface area (Å²) in [6, 6.07) is 21.6. The Hall–Kier alpha value is -3.22. The summed E-state index contributed by atoms with van der Waals surface area (Å²) in [4.78, 5) is 16.6.